The number of hydrogen-bond donors (Lipinski definition) is 2. The van der Waals surface area contributed by atoms with Gasteiger partial charge in [0, 0.05) is 55.5 Å². The number of aromatic amines is 1. The Bertz CT molecular complexity index is 994. The molecule has 0 atom stereocenters. The molecule has 0 saturated carbocycles. The van der Waals surface area contributed by atoms with Crippen molar-refractivity contribution >= 4 is 22.6 Å². The van der Waals surface area contributed by atoms with Gasteiger partial charge in [-0.25, -0.2) is 4.79 Å². The van der Waals surface area contributed by atoms with Crippen LogP contribution >= 0.6 is 0 Å². The first-order valence-electron chi connectivity index (χ1n) is 9.56. The highest BCUT2D eigenvalue weighted by Gasteiger charge is 2.21. The van der Waals surface area contributed by atoms with Gasteiger partial charge in [-0.05, 0) is 42.3 Å². The largest absolute Gasteiger partial charge is 0.361 e. The van der Waals surface area contributed by atoms with E-state index in [2.05, 4.69) is 45.7 Å². The van der Waals surface area contributed by atoms with Crippen molar-refractivity contribution in [2.45, 2.75) is 6.42 Å². The number of hydrogen-bond acceptors (Lipinski definition) is 3. The number of carbonyl (C=O) groups is 1. The minimum absolute atomic E-state index is 0.0824. The molecule has 0 radical (unpaired) electrons. The fraction of sp³-hybridized carbons (Fsp3) is 0.273. The van der Waals surface area contributed by atoms with Crippen molar-refractivity contribution in [3.05, 3.63) is 65.9 Å². The summed E-state index contributed by atoms with van der Waals surface area (Å²) >= 11 is 0. The zero-order valence-electron chi connectivity index (χ0n) is 15.7. The lowest BCUT2D eigenvalue weighted by Gasteiger charge is -2.34. The minimum Gasteiger partial charge on any atom is -0.361 e. The standard InChI is InChI=1S/C22H23N5O/c23-15-17-5-7-19(8-6-17)25-22(28)27-13-11-26(12-14-27)10-9-18-16-24-21-4-2-1-3-20(18)21/h1-8,16,24H,9-14H2,(H,25,28). The van der Waals surface area contributed by atoms with E-state index >= 15 is 0 Å². The maximum Gasteiger partial charge on any atom is 0.321 e. The third-order valence-corrected chi connectivity index (χ3v) is 5.30. The summed E-state index contributed by atoms with van der Waals surface area (Å²) < 4.78 is 0. The number of rotatable bonds is 4. The van der Waals surface area contributed by atoms with Crippen LogP contribution in [0.4, 0.5) is 10.5 Å². The van der Waals surface area contributed by atoms with Gasteiger partial charge in [0.1, 0.15) is 0 Å². The number of nitriles is 1. The average molecular weight is 373 g/mol. The number of fused-ring (bicyclic) bond motifs is 1. The maximum atomic E-state index is 12.4. The van der Waals surface area contributed by atoms with Gasteiger partial charge < -0.3 is 15.2 Å². The first-order valence-corrected chi connectivity index (χ1v) is 9.56. The normalized spacial score (nSPS) is 14.8. The number of urea groups is 1. The lowest BCUT2D eigenvalue weighted by Crippen LogP contribution is -2.50. The second kappa shape index (κ2) is 8.15. The molecule has 2 amide bonds. The van der Waals surface area contributed by atoms with Crippen LogP contribution in [0.5, 0.6) is 0 Å². The molecule has 6 nitrogen and oxygen atoms in total. The smallest absolute Gasteiger partial charge is 0.321 e. The Kier molecular flexibility index (Phi) is 5.27. The molecule has 1 aliphatic rings. The van der Waals surface area contributed by atoms with E-state index in [1.54, 1.807) is 24.3 Å². The van der Waals surface area contributed by atoms with E-state index in [0.29, 0.717) is 11.3 Å². The molecule has 142 valence electrons. The number of anilines is 1. The second-order valence-electron chi connectivity index (χ2n) is 7.06. The van der Waals surface area contributed by atoms with Gasteiger partial charge in [-0.1, -0.05) is 18.2 Å². The fourth-order valence-corrected chi connectivity index (χ4v) is 3.62. The molecule has 28 heavy (non-hydrogen) atoms. The van der Waals surface area contributed by atoms with Crippen molar-refractivity contribution in [3.8, 4) is 6.07 Å². The van der Waals surface area contributed by atoms with Crippen molar-refractivity contribution < 1.29 is 4.79 Å². The summed E-state index contributed by atoms with van der Waals surface area (Å²) in [4.78, 5) is 20.0. The fourth-order valence-electron chi connectivity index (χ4n) is 3.62. The third-order valence-electron chi connectivity index (χ3n) is 5.30. The number of amides is 2. The number of aromatic nitrogens is 1. The van der Waals surface area contributed by atoms with Crippen LogP contribution in [0, 0.1) is 11.3 Å². The number of H-pyrrole nitrogens is 1. The zero-order chi connectivity index (χ0) is 19.3. The van der Waals surface area contributed by atoms with Crippen LogP contribution in [-0.2, 0) is 6.42 Å². The van der Waals surface area contributed by atoms with E-state index in [1.165, 1.54) is 16.5 Å². The zero-order valence-corrected chi connectivity index (χ0v) is 15.7. The van der Waals surface area contributed by atoms with Crippen LogP contribution in [0.15, 0.2) is 54.7 Å². The predicted octanol–water partition coefficient (Wildman–Crippen LogP) is 3.43. The van der Waals surface area contributed by atoms with E-state index in [1.807, 2.05) is 11.0 Å². The van der Waals surface area contributed by atoms with Gasteiger partial charge in [-0.3, -0.25) is 4.90 Å². The van der Waals surface area contributed by atoms with Crippen LogP contribution in [-0.4, -0.2) is 53.5 Å². The Labute approximate surface area is 164 Å². The van der Waals surface area contributed by atoms with Crippen LogP contribution in [0.2, 0.25) is 0 Å². The van der Waals surface area contributed by atoms with Crippen molar-refractivity contribution in [1.82, 2.24) is 14.8 Å². The summed E-state index contributed by atoms with van der Waals surface area (Å²) in [6, 6.07) is 17.3. The summed E-state index contributed by atoms with van der Waals surface area (Å²) in [5, 5.41) is 13.0. The molecule has 2 aromatic carbocycles. The monoisotopic (exact) mass is 373 g/mol. The summed E-state index contributed by atoms with van der Waals surface area (Å²) in [6.07, 6.45) is 3.10. The summed E-state index contributed by atoms with van der Waals surface area (Å²) in [7, 11) is 0. The second-order valence-corrected chi connectivity index (χ2v) is 7.06. The number of nitrogens with zero attached hydrogens (tertiary/aromatic N) is 3. The highest BCUT2D eigenvalue weighted by Crippen LogP contribution is 2.18. The predicted molar refractivity (Wildman–Crippen MR) is 110 cm³/mol. The summed E-state index contributed by atoms with van der Waals surface area (Å²) in [5.74, 6) is 0. The lowest BCUT2D eigenvalue weighted by molar-refractivity contribution is 0.148. The van der Waals surface area contributed by atoms with E-state index in [-0.39, 0.29) is 6.03 Å². The Morgan fingerprint density at radius 2 is 1.82 bits per heavy atom. The Hall–Kier alpha value is -3.30. The average Bonchev–Trinajstić information content (AvgIpc) is 3.16. The molecule has 3 aromatic rings. The van der Waals surface area contributed by atoms with Crippen molar-refractivity contribution in [3.63, 3.8) is 0 Å². The maximum absolute atomic E-state index is 12.4. The molecule has 6 heteroatoms. The third kappa shape index (κ3) is 4.00. The minimum atomic E-state index is -0.0824. The van der Waals surface area contributed by atoms with E-state index in [0.717, 1.165) is 39.1 Å². The van der Waals surface area contributed by atoms with Gasteiger partial charge in [-0.2, -0.15) is 5.26 Å². The molecule has 4 rings (SSSR count). The number of piperazine rings is 1. The van der Waals surface area contributed by atoms with Gasteiger partial charge >= 0.3 is 6.03 Å². The van der Waals surface area contributed by atoms with Crippen LogP contribution in [0.25, 0.3) is 10.9 Å². The highest BCUT2D eigenvalue weighted by atomic mass is 16.2. The van der Waals surface area contributed by atoms with Crippen molar-refractivity contribution in [2.24, 2.45) is 0 Å². The van der Waals surface area contributed by atoms with Gasteiger partial charge in [0.25, 0.3) is 0 Å². The molecule has 1 aromatic heterocycles. The summed E-state index contributed by atoms with van der Waals surface area (Å²) in [6.45, 7) is 4.19. The van der Waals surface area contributed by atoms with Crippen LogP contribution < -0.4 is 5.32 Å². The summed E-state index contributed by atoms with van der Waals surface area (Å²) in [5.41, 5.74) is 3.82. The molecule has 0 spiro atoms. The van der Waals surface area contributed by atoms with Gasteiger partial charge in [-0.15, -0.1) is 0 Å². The molecule has 1 aliphatic heterocycles. The molecule has 2 N–H and O–H groups in total. The topological polar surface area (TPSA) is 75.2 Å². The van der Waals surface area contributed by atoms with E-state index < -0.39 is 0 Å². The molecule has 0 bridgehead atoms. The molecule has 1 fully saturated rings. The van der Waals surface area contributed by atoms with Crippen LogP contribution in [0.1, 0.15) is 11.1 Å². The van der Waals surface area contributed by atoms with Crippen molar-refractivity contribution in [2.75, 3.05) is 38.0 Å². The SMILES string of the molecule is N#Cc1ccc(NC(=O)N2CCN(CCc3c[nH]c4ccccc34)CC2)cc1. The van der Waals surface area contributed by atoms with Crippen molar-refractivity contribution in [1.29, 1.82) is 5.26 Å². The molecule has 0 aliphatic carbocycles. The molecular weight excluding hydrogens is 350 g/mol. The van der Waals surface area contributed by atoms with Crippen LogP contribution in [0.3, 0.4) is 0 Å². The number of para-hydroxylation sites is 1. The first-order chi connectivity index (χ1) is 13.7. The lowest BCUT2D eigenvalue weighted by atomic mass is 10.1. The number of benzene rings is 2. The molecular formula is C22H23N5O. The highest BCUT2D eigenvalue weighted by molar-refractivity contribution is 5.89. The number of carbonyl (C=O) groups excluding carboxylic acids is 1. The molecule has 2 heterocycles. The Balaban J connectivity index is 1.26. The van der Waals surface area contributed by atoms with Gasteiger partial charge in [0.2, 0.25) is 0 Å². The quantitative estimate of drug-likeness (QED) is 0.736. The first kappa shape index (κ1) is 18.1. The van der Waals surface area contributed by atoms with Gasteiger partial charge in [0.05, 0.1) is 11.6 Å². The van der Waals surface area contributed by atoms with E-state index in [9.17, 15) is 4.79 Å². The van der Waals surface area contributed by atoms with E-state index in [4.69, 9.17) is 5.26 Å². The Morgan fingerprint density at radius 1 is 1.07 bits per heavy atom. The molecule has 1 saturated heterocycles. The molecule has 0 unspecified atom stereocenters. The number of nitrogens with one attached hydrogen (secondary N) is 2. The Morgan fingerprint density at radius 3 is 2.57 bits per heavy atom. The van der Waals surface area contributed by atoms with Gasteiger partial charge in [0.15, 0.2) is 0 Å².